The van der Waals surface area contributed by atoms with Crippen LogP contribution in [0.2, 0.25) is 0 Å². The molecule has 0 aromatic heterocycles. The van der Waals surface area contributed by atoms with Crippen molar-refractivity contribution in [2.24, 2.45) is 4.99 Å². The van der Waals surface area contributed by atoms with Crippen molar-refractivity contribution in [1.82, 2.24) is 15.1 Å². The summed E-state index contributed by atoms with van der Waals surface area (Å²) in [6, 6.07) is 7.76. The maximum Gasteiger partial charge on any atom is 0.251 e. The minimum Gasteiger partial charge on any atom is -0.491 e. The van der Waals surface area contributed by atoms with E-state index in [0.29, 0.717) is 32.8 Å². The average molecular weight is 419 g/mol. The molecule has 2 atom stereocenters. The normalized spacial score (nSPS) is 20.9. The molecule has 8 heteroatoms. The number of ether oxygens (including phenoxy) is 2. The number of guanidine groups is 1. The second-order valence-corrected chi connectivity index (χ2v) is 7.79. The van der Waals surface area contributed by atoms with E-state index in [4.69, 9.17) is 9.47 Å². The first-order chi connectivity index (χ1) is 14.6. The molecule has 1 amide bonds. The summed E-state index contributed by atoms with van der Waals surface area (Å²) in [4.78, 5) is 21.1. The smallest absolute Gasteiger partial charge is 0.251 e. The van der Waals surface area contributed by atoms with E-state index in [-0.39, 0.29) is 25.2 Å². The molecule has 1 aromatic carbocycles. The first-order valence-corrected chi connectivity index (χ1v) is 10.9. The molecule has 0 bridgehead atoms. The molecule has 2 N–H and O–H groups in total. The van der Waals surface area contributed by atoms with Crippen LogP contribution in [0.1, 0.15) is 25.3 Å². The number of aliphatic imine (C=N–C) groups is 1. The lowest BCUT2D eigenvalue weighted by molar-refractivity contribution is -0.142. The number of amides is 1. The molecule has 2 unspecified atom stereocenters. The number of carbonyl (C=O) groups excluding carboxylic acids is 1. The van der Waals surface area contributed by atoms with Gasteiger partial charge in [0.1, 0.15) is 24.6 Å². The predicted molar refractivity (Wildman–Crippen MR) is 116 cm³/mol. The summed E-state index contributed by atoms with van der Waals surface area (Å²) < 4.78 is 11.2. The SMILES string of the molecule is CCNC(=NCC(O)COc1cccc(C)c1)N1CCN(C(=O)C2CCCO2)CC1. The fourth-order valence-corrected chi connectivity index (χ4v) is 3.68. The third-order valence-corrected chi connectivity index (χ3v) is 5.31. The molecule has 0 saturated carbocycles. The Balaban J connectivity index is 1.47. The monoisotopic (exact) mass is 418 g/mol. The van der Waals surface area contributed by atoms with Crippen LogP contribution in [0.15, 0.2) is 29.3 Å². The molecule has 30 heavy (non-hydrogen) atoms. The molecule has 2 aliphatic rings. The fraction of sp³-hybridized carbons (Fsp3) is 0.636. The van der Waals surface area contributed by atoms with E-state index in [1.54, 1.807) is 0 Å². The van der Waals surface area contributed by atoms with Gasteiger partial charge in [-0.05, 0) is 44.4 Å². The van der Waals surface area contributed by atoms with Gasteiger partial charge in [0.25, 0.3) is 5.91 Å². The van der Waals surface area contributed by atoms with E-state index in [1.165, 1.54) is 0 Å². The molecule has 0 radical (unpaired) electrons. The van der Waals surface area contributed by atoms with Gasteiger partial charge in [0.15, 0.2) is 5.96 Å². The molecular formula is C22H34N4O4. The van der Waals surface area contributed by atoms with Gasteiger partial charge >= 0.3 is 0 Å². The number of aliphatic hydroxyl groups is 1. The first-order valence-electron chi connectivity index (χ1n) is 10.9. The van der Waals surface area contributed by atoms with Crippen LogP contribution in [0, 0.1) is 6.92 Å². The number of aryl methyl sites for hydroxylation is 1. The molecular weight excluding hydrogens is 384 g/mol. The number of rotatable bonds is 7. The average Bonchev–Trinajstić information content (AvgIpc) is 3.30. The molecule has 0 aliphatic carbocycles. The number of nitrogens with one attached hydrogen (secondary N) is 1. The Morgan fingerprint density at radius 1 is 1.33 bits per heavy atom. The van der Waals surface area contributed by atoms with Crippen LogP contribution in [0.3, 0.4) is 0 Å². The van der Waals surface area contributed by atoms with Gasteiger partial charge < -0.3 is 29.7 Å². The summed E-state index contributed by atoms with van der Waals surface area (Å²) in [5, 5.41) is 13.6. The lowest BCUT2D eigenvalue weighted by Gasteiger charge is -2.37. The summed E-state index contributed by atoms with van der Waals surface area (Å²) in [6.45, 7) is 8.62. The van der Waals surface area contributed by atoms with E-state index < -0.39 is 6.10 Å². The van der Waals surface area contributed by atoms with Crippen molar-refractivity contribution in [3.63, 3.8) is 0 Å². The molecule has 2 saturated heterocycles. The Kier molecular flexibility index (Phi) is 8.33. The van der Waals surface area contributed by atoms with Gasteiger partial charge in [-0.25, -0.2) is 0 Å². The fourth-order valence-electron chi connectivity index (χ4n) is 3.68. The van der Waals surface area contributed by atoms with E-state index in [9.17, 15) is 9.90 Å². The maximum atomic E-state index is 12.5. The highest BCUT2D eigenvalue weighted by molar-refractivity contribution is 5.82. The van der Waals surface area contributed by atoms with Gasteiger partial charge in [-0.2, -0.15) is 0 Å². The van der Waals surface area contributed by atoms with Crippen LogP contribution >= 0.6 is 0 Å². The highest BCUT2D eigenvalue weighted by Crippen LogP contribution is 2.16. The van der Waals surface area contributed by atoms with Crippen molar-refractivity contribution in [1.29, 1.82) is 0 Å². The first kappa shape index (κ1) is 22.4. The summed E-state index contributed by atoms with van der Waals surface area (Å²) in [5.74, 6) is 1.62. The number of aliphatic hydroxyl groups excluding tert-OH is 1. The molecule has 2 heterocycles. The van der Waals surface area contributed by atoms with Crippen molar-refractivity contribution in [3.05, 3.63) is 29.8 Å². The van der Waals surface area contributed by atoms with Gasteiger partial charge in [-0.15, -0.1) is 0 Å². The van der Waals surface area contributed by atoms with Crippen LogP contribution in [0.4, 0.5) is 0 Å². The summed E-state index contributed by atoms with van der Waals surface area (Å²) in [5.41, 5.74) is 1.12. The van der Waals surface area contributed by atoms with Crippen molar-refractivity contribution in [3.8, 4) is 5.75 Å². The zero-order valence-corrected chi connectivity index (χ0v) is 18.0. The number of hydrogen-bond acceptors (Lipinski definition) is 5. The Bertz CT molecular complexity index is 713. The highest BCUT2D eigenvalue weighted by Gasteiger charge is 2.30. The van der Waals surface area contributed by atoms with Gasteiger partial charge in [-0.1, -0.05) is 12.1 Å². The van der Waals surface area contributed by atoms with Gasteiger partial charge in [0, 0.05) is 39.3 Å². The quantitative estimate of drug-likeness (QED) is 0.508. The van der Waals surface area contributed by atoms with Gasteiger partial charge in [-0.3, -0.25) is 9.79 Å². The van der Waals surface area contributed by atoms with E-state index >= 15 is 0 Å². The topological polar surface area (TPSA) is 86.6 Å². The Labute approximate surface area is 178 Å². The molecule has 2 fully saturated rings. The third kappa shape index (κ3) is 6.34. The summed E-state index contributed by atoms with van der Waals surface area (Å²) in [7, 11) is 0. The number of hydrogen-bond donors (Lipinski definition) is 2. The summed E-state index contributed by atoms with van der Waals surface area (Å²) in [6.07, 6.45) is 0.832. The van der Waals surface area contributed by atoms with Crippen LogP contribution in [0.25, 0.3) is 0 Å². The minimum absolute atomic E-state index is 0.109. The van der Waals surface area contributed by atoms with Crippen molar-refractivity contribution in [2.45, 2.75) is 38.9 Å². The molecule has 166 valence electrons. The lowest BCUT2D eigenvalue weighted by Crippen LogP contribution is -2.55. The Morgan fingerprint density at radius 3 is 2.77 bits per heavy atom. The second kappa shape index (κ2) is 11.2. The highest BCUT2D eigenvalue weighted by atomic mass is 16.5. The number of carbonyl (C=O) groups is 1. The van der Waals surface area contributed by atoms with Crippen molar-refractivity contribution in [2.75, 3.05) is 52.5 Å². The largest absolute Gasteiger partial charge is 0.491 e. The number of nitrogens with zero attached hydrogens (tertiary/aromatic N) is 3. The van der Waals surface area contributed by atoms with Crippen LogP contribution in [-0.2, 0) is 9.53 Å². The Morgan fingerprint density at radius 2 is 2.10 bits per heavy atom. The van der Waals surface area contributed by atoms with E-state index in [0.717, 1.165) is 36.7 Å². The van der Waals surface area contributed by atoms with Crippen LogP contribution < -0.4 is 10.1 Å². The zero-order valence-electron chi connectivity index (χ0n) is 18.0. The van der Waals surface area contributed by atoms with E-state index in [2.05, 4.69) is 15.2 Å². The molecule has 3 rings (SSSR count). The van der Waals surface area contributed by atoms with Gasteiger partial charge in [0.05, 0.1) is 6.54 Å². The minimum atomic E-state index is -0.693. The van der Waals surface area contributed by atoms with E-state index in [1.807, 2.05) is 43.0 Å². The predicted octanol–water partition coefficient (Wildman–Crippen LogP) is 1.02. The maximum absolute atomic E-state index is 12.5. The zero-order chi connectivity index (χ0) is 21.3. The second-order valence-electron chi connectivity index (χ2n) is 7.79. The van der Waals surface area contributed by atoms with Crippen LogP contribution in [0.5, 0.6) is 5.75 Å². The molecule has 2 aliphatic heterocycles. The standard InChI is InChI=1S/C22H34N4O4/c1-3-23-22(24-15-18(27)16-30-19-7-4-6-17(2)14-19)26-11-9-25(10-12-26)21(28)20-8-5-13-29-20/h4,6-7,14,18,20,27H,3,5,8-13,15-16H2,1-2H3,(H,23,24). The molecule has 8 nitrogen and oxygen atoms in total. The molecule has 0 spiro atoms. The van der Waals surface area contributed by atoms with Gasteiger partial charge in [0.2, 0.25) is 0 Å². The third-order valence-electron chi connectivity index (χ3n) is 5.31. The Hall–Kier alpha value is -2.32. The van der Waals surface area contributed by atoms with Crippen molar-refractivity contribution < 1.29 is 19.4 Å². The lowest BCUT2D eigenvalue weighted by atomic mass is 10.2. The van der Waals surface area contributed by atoms with Crippen LogP contribution in [-0.4, -0.2) is 91.5 Å². The number of piperazine rings is 1. The molecule has 1 aromatic rings. The summed E-state index contributed by atoms with van der Waals surface area (Å²) >= 11 is 0. The van der Waals surface area contributed by atoms with Crippen molar-refractivity contribution >= 4 is 11.9 Å². The number of benzene rings is 1.